The smallest absolute Gasteiger partial charge is 0.410 e. The molecule has 4 saturated heterocycles. The minimum absolute atomic E-state index is 0.00230. The van der Waals surface area contributed by atoms with Gasteiger partial charge in [0.05, 0.1) is 35.3 Å². The van der Waals surface area contributed by atoms with Gasteiger partial charge in [0, 0.05) is 33.2 Å². The summed E-state index contributed by atoms with van der Waals surface area (Å²) in [5.41, 5.74) is -0.606. The van der Waals surface area contributed by atoms with Crippen LogP contribution in [-0.2, 0) is 16.1 Å². The molecular formula is C28H37ClF2N6O4. The van der Waals surface area contributed by atoms with Crippen molar-refractivity contribution in [3.63, 3.8) is 0 Å². The molecule has 0 aliphatic carbocycles. The summed E-state index contributed by atoms with van der Waals surface area (Å²) in [4.78, 5) is 32.6. The first kappa shape index (κ1) is 28.5. The van der Waals surface area contributed by atoms with Gasteiger partial charge in [-0.25, -0.2) is 18.6 Å². The molecule has 4 fully saturated rings. The molecule has 0 spiro atoms. The fourth-order valence-electron chi connectivity index (χ4n) is 7.05. The van der Waals surface area contributed by atoms with Gasteiger partial charge in [0.1, 0.15) is 29.7 Å². The maximum Gasteiger partial charge on any atom is 0.410 e. The third-order valence-corrected chi connectivity index (χ3v) is 8.93. The monoisotopic (exact) mass is 594 g/mol. The van der Waals surface area contributed by atoms with Gasteiger partial charge < -0.3 is 19.1 Å². The first-order chi connectivity index (χ1) is 19.5. The summed E-state index contributed by atoms with van der Waals surface area (Å²) >= 11 is 6.19. The van der Waals surface area contributed by atoms with Gasteiger partial charge in [-0.1, -0.05) is 11.6 Å². The number of methoxy groups -OCH3 is 1. The lowest BCUT2D eigenvalue weighted by molar-refractivity contribution is 0.0122. The summed E-state index contributed by atoms with van der Waals surface area (Å²) in [5.74, 6) is -0.313. The van der Waals surface area contributed by atoms with Crippen molar-refractivity contribution in [3.8, 4) is 6.01 Å². The van der Waals surface area contributed by atoms with E-state index in [0.717, 1.165) is 32.2 Å². The number of fused-ring (bicyclic) bond motifs is 4. The number of amides is 1. The first-order valence-electron chi connectivity index (χ1n) is 14.3. The average molecular weight is 595 g/mol. The summed E-state index contributed by atoms with van der Waals surface area (Å²) in [7, 11) is 1.52. The van der Waals surface area contributed by atoms with E-state index < -0.39 is 23.1 Å². The maximum absolute atomic E-state index is 15.5. The molecule has 6 heterocycles. The molecule has 224 valence electrons. The van der Waals surface area contributed by atoms with Crippen LogP contribution in [0.15, 0.2) is 0 Å². The van der Waals surface area contributed by atoms with Gasteiger partial charge in [-0.05, 0) is 53.0 Å². The van der Waals surface area contributed by atoms with Gasteiger partial charge in [-0.3, -0.25) is 9.80 Å². The standard InChI is InChI=1S/C28H37ClF2N6O4/c1-27(2,3)41-26(38)37-17-6-7-18(37)13-35(12-17)24-20-19(14-39-4)32-23(29)21(31)22(20)33-25(34-24)40-15-28-8-5-9-36(28)11-16(30)10-28/h16-18H,5-15H2,1-4H3/t16-,17?,18?,28+/m1/s1. The highest BCUT2D eigenvalue weighted by Gasteiger charge is 2.50. The topological polar surface area (TPSA) is 93.2 Å². The Bertz CT molecular complexity index is 1330. The average Bonchev–Trinajstić information content (AvgIpc) is 3.51. The molecule has 0 radical (unpaired) electrons. The Morgan fingerprint density at radius 1 is 1.15 bits per heavy atom. The van der Waals surface area contributed by atoms with Gasteiger partial charge in [0.25, 0.3) is 0 Å². The molecule has 2 unspecified atom stereocenters. The van der Waals surface area contributed by atoms with E-state index in [-0.39, 0.29) is 48.1 Å². The van der Waals surface area contributed by atoms with Crippen molar-refractivity contribution in [2.24, 2.45) is 0 Å². The lowest BCUT2D eigenvalue weighted by Gasteiger charge is -2.42. The zero-order valence-corrected chi connectivity index (χ0v) is 24.7. The molecule has 4 atom stereocenters. The van der Waals surface area contributed by atoms with Crippen LogP contribution >= 0.6 is 11.6 Å². The Morgan fingerprint density at radius 2 is 1.88 bits per heavy atom. The van der Waals surface area contributed by atoms with Crippen LogP contribution in [0.25, 0.3) is 10.9 Å². The highest BCUT2D eigenvalue weighted by molar-refractivity contribution is 6.30. The molecule has 2 aromatic rings. The molecule has 4 aliphatic rings. The van der Waals surface area contributed by atoms with Crippen molar-refractivity contribution >= 4 is 34.4 Å². The number of carbonyl (C=O) groups excluding carboxylic acids is 1. The Hall–Kier alpha value is -2.57. The third kappa shape index (κ3) is 5.27. The van der Waals surface area contributed by atoms with Crippen molar-refractivity contribution in [2.45, 2.75) is 88.9 Å². The number of piperazine rings is 1. The van der Waals surface area contributed by atoms with Crippen LogP contribution in [0.5, 0.6) is 6.01 Å². The number of rotatable bonds is 6. The summed E-state index contributed by atoms with van der Waals surface area (Å²) in [5, 5.41) is 0.0863. The van der Waals surface area contributed by atoms with Crippen LogP contribution in [0, 0.1) is 5.82 Å². The molecule has 6 rings (SSSR count). The molecule has 2 bridgehead atoms. The number of pyridine rings is 1. The fraction of sp³-hybridized carbons (Fsp3) is 0.714. The molecule has 41 heavy (non-hydrogen) atoms. The van der Waals surface area contributed by atoms with Gasteiger partial charge in [0.2, 0.25) is 0 Å². The minimum Gasteiger partial charge on any atom is -0.461 e. The van der Waals surface area contributed by atoms with Crippen LogP contribution in [0.1, 0.15) is 58.6 Å². The summed E-state index contributed by atoms with van der Waals surface area (Å²) in [6.07, 6.45) is 2.60. The van der Waals surface area contributed by atoms with Gasteiger partial charge >= 0.3 is 12.1 Å². The van der Waals surface area contributed by atoms with Crippen molar-refractivity contribution in [2.75, 3.05) is 44.8 Å². The third-order valence-electron chi connectivity index (χ3n) is 8.68. The highest BCUT2D eigenvalue weighted by Crippen LogP contribution is 2.42. The number of ether oxygens (including phenoxy) is 3. The second-order valence-electron chi connectivity index (χ2n) is 12.7. The van der Waals surface area contributed by atoms with E-state index in [4.69, 9.17) is 30.8 Å². The number of hydrogen-bond acceptors (Lipinski definition) is 9. The minimum atomic E-state index is -0.900. The molecule has 10 nitrogen and oxygen atoms in total. The molecule has 0 aromatic carbocycles. The summed E-state index contributed by atoms with van der Waals surface area (Å²) < 4.78 is 47.1. The lowest BCUT2D eigenvalue weighted by Crippen LogP contribution is -2.57. The Balaban J connectivity index is 1.36. The number of anilines is 1. The van der Waals surface area contributed by atoms with Crippen LogP contribution < -0.4 is 9.64 Å². The van der Waals surface area contributed by atoms with Crippen molar-refractivity contribution in [1.29, 1.82) is 0 Å². The number of hydrogen-bond donors (Lipinski definition) is 0. The van der Waals surface area contributed by atoms with Crippen LogP contribution in [-0.4, -0.2) is 100 Å². The number of aromatic nitrogens is 3. The Labute approximate surface area is 243 Å². The Morgan fingerprint density at radius 3 is 2.56 bits per heavy atom. The second-order valence-corrected chi connectivity index (χ2v) is 13.0. The van der Waals surface area contributed by atoms with Crippen molar-refractivity contribution in [1.82, 2.24) is 24.8 Å². The first-order valence-corrected chi connectivity index (χ1v) is 14.7. The maximum atomic E-state index is 15.5. The summed E-state index contributed by atoms with van der Waals surface area (Å²) in [6.45, 7) is 8.01. The number of halogens is 3. The molecule has 1 amide bonds. The second kappa shape index (κ2) is 10.6. The lowest BCUT2D eigenvalue weighted by atomic mass is 9.95. The molecule has 2 aromatic heterocycles. The predicted octanol–water partition coefficient (Wildman–Crippen LogP) is 4.51. The molecular weight excluding hydrogens is 558 g/mol. The molecule has 4 aliphatic heterocycles. The van der Waals surface area contributed by atoms with Crippen molar-refractivity contribution < 1.29 is 27.8 Å². The van der Waals surface area contributed by atoms with E-state index in [1.807, 2.05) is 30.6 Å². The molecule has 0 saturated carbocycles. The molecule has 0 N–H and O–H groups in total. The zero-order chi connectivity index (χ0) is 29.1. The number of nitrogens with zero attached hydrogens (tertiary/aromatic N) is 6. The van der Waals surface area contributed by atoms with Gasteiger partial charge in [0.15, 0.2) is 11.0 Å². The van der Waals surface area contributed by atoms with Crippen LogP contribution in [0.3, 0.4) is 0 Å². The van der Waals surface area contributed by atoms with E-state index in [1.165, 1.54) is 7.11 Å². The zero-order valence-electron chi connectivity index (χ0n) is 24.0. The van der Waals surface area contributed by atoms with E-state index in [1.54, 1.807) is 0 Å². The number of carbonyl (C=O) groups is 1. The highest BCUT2D eigenvalue weighted by atomic mass is 35.5. The van der Waals surface area contributed by atoms with Crippen LogP contribution in [0.4, 0.5) is 19.4 Å². The SMILES string of the molecule is COCc1nc(Cl)c(F)c2nc(OC[C@@]34CCCN3C[C@H](F)C4)nc(N3CC4CCC(C3)N4C(=O)OC(C)(C)C)c12. The van der Waals surface area contributed by atoms with Gasteiger partial charge in [-0.15, -0.1) is 0 Å². The summed E-state index contributed by atoms with van der Waals surface area (Å²) in [6, 6.07) is -0.192. The van der Waals surface area contributed by atoms with E-state index >= 15 is 4.39 Å². The normalized spacial score (nSPS) is 28.0. The Kier molecular flexibility index (Phi) is 7.39. The number of alkyl halides is 1. The van der Waals surface area contributed by atoms with E-state index in [2.05, 4.69) is 14.9 Å². The van der Waals surface area contributed by atoms with Gasteiger partial charge in [-0.2, -0.15) is 9.97 Å². The van der Waals surface area contributed by atoms with Crippen molar-refractivity contribution in [3.05, 3.63) is 16.7 Å². The largest absolute Gasteiger partial charge is 0.461 e. The van der Waals surface area contributed by atoms with E-state index in [9.17, 15) is 9.18 Å². The fourth-order valence-corrected chi connectivity index (χ4v) is 7.24. The van der Waals surface area contributed by atoms with E-state index in [0.29, 0.717) is 43.0 Å². The van der Waals surface area contributed by atoms with Crippen LogP contribution in [0.2, 0.25) is 5.15 Å². The predicted molar refractivity (Wildman–Crippen MR) is 149 cm³/mol. The quantitative estimate of drug-likeness (QED) is 0.448. The molecule has 13 heteroatoms.